The second kappa shape index (κ2) is 5.69. The third-order valence-corrected chi connectivity index (χ3v) is 1.32. The van der Waals surface area contributed by atoms with E-state index in [1.54, 1.807) is 25.3 Å². The summed E-state index contributed by atoms with van der Waals surface area (Å²) in [6, 6.07) is 5.41. The summed E-state index contributed by atoms with van der Waals surface area (Å²) in [6.07, 6.45) is 2.52. The van der Waals surface area contributed by atoms with Gasteiger partial charge >= 0.3 is 6.09 Å². The molecule has 1 amide bonds. The summed E-state index contributed by atoms with van der Waals surface area (Å²) in [5.74, 6) is 0. The SMILES string of the molecule is CCOC(=O)NN=Cc1ccccn1. The lowest BCUT2D eigenvalue weighted by molar-refractivity contribution is 0.152. The molecule has 1 aromatic heterocycles. The van der Waals surface area contributed by atoms with E-state index >= 15 is 0 Å². The predicted octanol–water partition coefficient (Wildman–Crippen LogP) is 1.16. The smallest absolute Gasteiger partial charge is 0.427 e. The van der Waals surface area contributed by atoms with Gasteiger partial charge in [0.05, 0.1) is 18.5 Å². The van der Waals surface area contributed by atoms with Crippen molar-refractivity contribution in [3.05, 3.63) is 30.1 Å². The summed E-state index contributed by atoms with van der Waals surface area (Å²) in [6.45, 7) is 2.05. The summed E-state index contributed by atoms with van der Waals surface area (Å²) in [5, 5.41) is 3.65. The largest absolute Gasteiger partial charge is 0.449 e. The molecule has 5 nitrogen and oxygen atoms in total. The highest BCUT2D eigenvalue weighted by atomic mass is 16.5. The van der Waals surface area contributed by atoms with Gasteiger partial charge in [0.25, 0.3) is 0 Å². The molecule has 0 saturated carbocycles. The number of aromatic nitrogens is 1. The van der Waals surface area contributed by atoms with E-state index in [1.165, 1.54) is 6.21 Å². The Kier molecular flexibility index (Phi) is 4.13. The summed E-state index contributed by atoms with van der Waals surface area (Å²) >= 11 is 0. The van der Waals surface area contributed by atoms with Crippen LogP contribution in [0.1, 0.15) is 12.6 Å². The molecular formula is C9H11N3O2. The van der Waals surface area contributed by atoms with Crippen LogP contribution in [-0.2, 0) is 4.74 Å². The van der Waals surface area contributed by atoms with Crippen molar-refractivity contribution in [2.24, 2.45) is 5.10 Å². The molecule has 0 spiro atoms. The van der Waals surface area contributed by atoms with Crippen molar-refractivity contribution in [1.82, 2.24) is 10.4 Å². The lowest BCUT2D eigenvalue weighted by Gasteiger charge is -1.97. The zero-order valence-electron chi connectivity index (χ0n) is 7.80. The van der Waals surface area contributed by atoms with Gasteiger partial charge in [-0.25, -0.2) is 10.2 Å². The van der Waals surface area contributed by atoms with Gasteiger partial charge in [0.15, 0.2) is 0 Å². The van der Waals surface area contributed by atoms with Crippen LogP contribution in [0.4, 0.5) is 4.79 Å². The minimum atomic E-state index is -0.570. The fraction of sp³-hybridized carbons (Fsp3) is 0.222. The molecule has 14 heavy (non-hydrogen) atoms. The van der Waals surface area contributed by atoms with Gasteiger partial charge in [0.2, 0.25) is 0 Å². The fourth-order valence-corrected chi connectivity index (χ4v) is 0.767. The van der Waals surface area contributed by atoms with E-state index in [4.69, 9.17) is 0 Å². The van der Waals surface area contributed by atoms with E-state index in [2.05, 4.69) is 20.2 Å². The molecule has 0 aliphatic carbocycles. The molecule has 1 aromatic rings. The summed E-state index contributed by atoms with van der Waals surface area (Å²) in [4.78, 5) is 14.7. The quantitative estimate of drug-likeness (QED) is 0.578. The Morgan fingerprint density at radius 1 is 1.71 bits per heavy atom. The Hall–Kier alpha value is -1.91. The number of nitrogens with one attached hydrogen (secondary N) is 1. The highest BCUT2D eigenvalue weighted by Crippen LogP contribution is 1.87. The van der Waals surface area contributed by atoms with Gasteiger partial charge in [-0.15, -0.1) is 0 Å². The minimum absolute atomic E-state index is 0.324. The maximum Gasteiger partial charge on any atom is 0.427 e. The second-order valence-corrected chi connectivity index (χ2v) is 2.35. The Morgan fingerprint density at radius 3 is 3.21 bits per heavy atom. The van der Waals surface area contributed by atoms with Crippen LogP contribution in [0.25, 0.3) is 0 Å². The number of hydrogen-bond acceptors (Lipinski definition) is 4. The molecule has 0 bridgehead atoms. The summed E-state index contributed by atoms with van der Waals surface area (Å²) in [7, 11) is 0. The normalized spacial score (nSPS) is 10.1. The van der Waals surface area contributed by atoms with E-state index in [-0.39, 0.29) is 0 Å². The molecular weight excluding hydrogens is 182 g/mol. The second-order valence-electron chi connectivity index (χ2n) is 2.35. The molecule has 0 aliphatic rings. The van der Waals surface area contributed by atoms with Crippen LogP contribution in [0, 0.1) is 0 Å². The van der Waals surface area contributed by atoms with Gasteiger partial charge in [-0.05, 0) is 19.1 Å². The molecule has 0 unspecified atom stereocenters. The number of nitrogens with zero attached hydrogens (tertiary/aromatic N) is 2. The first kappa shape index (κ1) is 10.2. The Bertz CT molecular complexity index is 311. The number of hydrogen-bond donors (Lipinski definition) is 1. The summed E-state index contributed by atoms with van der Waals surface area (Å²) in [5.41, 5.74) is 2.87. The van der Waals surface area contributed by atoms with E-state index in [0.717, 1.165) is 0 Å². The first-order chi connectivity index (χ1) is 6.83. The summed E-state index contributed by atoms with van der Waals surface area (Å²) < 4.78 is 4.60. The molecule has 74 valence electrons. The monoisotopic (exact) mass is 193 g/mol. The number of carbonyl (C=O) groups is 1. The highest BCUT2D eigenvalue weighted by Gasteiger charge is 1.94. The van der Waals surface area contributed by atoms with E-state index < -0.39 is 6.09 Å². The minimum Gasteiger partial charge on any atom is -0.449 e. The lowest BCUT2D eigenvalue weighted by atomic mass is 10.4. The van der Waals surface area contributed by atoms with Crippen LogP contribution >= 0.6 is 0 Å². The third-order valence-electron chi connectivity index (χ3n) is 1.32. The van der Waals surface area contributed by atoms with Gasteiger partial charge in [-0.3, -0.25) is 4.98 Å². The lowest BCUT2D eigenvalue weighted by Crippen LogP contribution is -2.18. The van der Waals surface area contributed by atoms with E-state index in [0.29, 0.717) is 12.3 Å². The van der Waals surface area contributed by atoms with Crippen molar-refractivity contribution >= 4 is 12.3 Å². The topological polar surface area (TPSA) is 63.6 Å². The van der Waals surface area contributed by atoms with Crippen molar-refractivity contribution in [2.45, 2.75) is 6.92 Å². The Balaban J connectivity index is 2.38. The zero-order chi connectivity index (χ0) is 10.2. The van der Waals surface area contributed by atoms with Gasteiger partial charge < -0.3 is 4.74 Å². The first-order valence-corrected chi connectivity index (χ1v) is 4.19. The molecule has 0 radical (unpaired) electrons. The van der Waals surface area contributed by atoms with Gasteiger partial charge in [-0.2, -0.15) is 5.10 Å². The maximum absolute atomic E-state index is 10.8. The van der Waals surface area contributed by atoms with Gasteiger partial charge in [0, 0.05) is 6.20 Å². The van der Waals surface area contributed by atoms with Crippen molar-refractivity contribution in [3.63, 3.8) is 0 Å². The molecule has 1 N–H and O–H groups in total. The molecule has 1 heterocycles. The van der Waals surface area contributed by atoms with Crippen molar-refractivity contribution in [1.29, 1.82) is 0 Å². The van der Waals surface area contributed by atoms with Gasteiger partial charge in [-0.1, -0.05) is 6.07 Å². The highest BCUT2D eigenvalue weighted by molar-refractivity contribution is 5.78. The molecule has 0 aromatic carbocycles. The van der Waals surface area contributed by atoms with Crippen LogP contribution in [0.15, 0.2) is 29.5 Å². The third kappa shape index (κ3) is 3.66. The van der Waals surface area contributed by atoms with Crippen LogP contribution in [0.3, 0.4) is 0 Å². The average molecular weight is 193 g/mol. The van der Waals surface area contributed by atoms with E-state index in [1.807, 2.05) is 6.07 Å². The predicted molar refractivity (Wildman–Crippen MR) is 52.0 cm³/mol. The van der Waals surface area contributed by atoms with Crippen molar-refractivity contribution in [3.8, 4) is 0 Å². The molecule has 1 rings (SSSR count). The zero-order valence-corrected chi connectivity index (χ0v) is 7.80. The van der Waals surface area contributed by atoms with Crippen molar-refractivity contribution < 1.29 is 9.53 Å². The number of pyridine rings is 1. The number of rotatable bonds is 3. The number of carbonyl (C=O) groups excluding carboxylic acids is 1. The van der Waals surface area contributed by atoms with Crippen LogP contribution in [-0.4, -0.2) is 23.9 Å². The molecule has 0 fully saturated rings. The molecule has 5 heteroatoms. The number of hydrazone groups is 1. The molecule has 0 aliphatic heterocycles. The van der Waals surface area contributed by atoms with Crippen LogP contribution in [0.5, 0.6) is 0 Å². The van der Waals surface area contributed by atoms with E-state index in [9.17, 15) is 4.79 Å². The average Bonchev–Trinajstić information content (AvgIpc) is 2.20. The Morgan fingerprint density at radius 2 is 2.57 bits per heavy atom. The van der Waals surface area contributed by atoms with Crippen molar-refractivity contribution in [2.75, 3.05) is 6.61 Å². The maximum atomic E-state index is 10.8. The van der Waals surface area contributed by atoms with Crippen LogP contribution in [0.2, 0.25) is 0 Å². The fourth-order valence-electron chi connectivity index (χ4n) is 0.767. The van der Waals surface area contributed by atoms with Gasteiger partial charge in [0.1, 0.15) is 0 Å². The van der Waals surface area contributed by atoms with Crippen LogP contribution < -0.4 is 5.43 Å². The number of ether oxygens (including phenoxy) is 1. The molecule has 0 saturated heterocycles. The molecule has 0 atom stereocenters. The standard InChI is InChI=1S/C9H11N3O2/c1-2-14-9(13)12-11-7-8-5-3-4-6-10-8/h3-7H,2H2,1H3,(H,12,13). The Labute approximate surface area is 81.8 Å². The number of amides is 1. The first-order valence-electron chi connectivity index (χ1n) is 4.19.